The molecule has 6 nitrogen and oxygen atoms in total. The average Bonchev–Trinajstić information content (AvgIpc) is 2.21. The highest BCUT2D eigenvalue weighted by molar-refractivity contribution is 4.41. The first-order chi connectivity index (χ1) is 6.91. The molecular formula is C8H16O6. The lowest BCUT2D eigenvalue weighted by atomic mass is 10.2. The van der Waals surface area contributed by atoms with Crippen LogP contribution in [0.25, 0.3) is 0 Å². The molecule has 0 N–H and O–H groups in total. The van der Waals surface area contributed by atoms with Crippen molar-refractivity contribution in [3.05, 3.63) is 12.8 Å². The second-order valence-corrected chi connectivity index (χ2v) is 2.42. The van der Waals surface area contributed by atoms with Crippen LogP contribution in [0.3, 0.4) is 0 Å². The van der Waals surface area contributed by atoms with E-state index in [4.69, 9.17) is 0 Å². The highest BCUT2D eigenvalue weighted by Crippen LogP contribution is 1.99. The van der Waals surface area contributed by atoms with Crippen molar-refractivity contribution in [2.45, 2.75) is 32.6 Å². The molecule has 0 saturated carbocycles. The molecule has 0 aliphatic carbocycles. The zero-order chi connectivity index (χ0) is 10.5. The van der Waals surface area contributed by atoms with Gasteiger partial charge in [-0.1, -0.05) is 32.8 Å². The number of rotatable bonds is 11. The van der Waals surface area contributed by atoms with Crippen LogP contribution in [0.2, 0.25) is 0 Å². The minimum atomic E-state index is 0.436. The quantitative estimate of drug-likeness (QED) is 0.225. The normalized spacial score (nSPS) is 10.1. The first kappa shape index (κ1) is 13.3. The summed E-state index contributed by atoms with van der Waals surface area (Å²) in [5, 5.41) is 15.8. The fourth-order valence-corrected chi connectivity index (χ4v) is 0.708. The van der Waals surface area contributed by atoms with Gasteiger partial charge in [0, 0.05) is 10.1 Å². The molecule has 0 fully saturated rings. The predicted molar refractivity (Wildman–Crippen MR) is 45.7 cm³/mol. The van der Waals surface area contributed by atoms with Crippen LogP contribution in [0, 0.1) is 0 Å². The zero-order valence-corrected chi connectivity index (χ0v) is 8.27. The molecule has 0 aromatic carbocycles. The van der Waals surface area contributed by atoms with Gasteiger partial charge in [-0.2, -0.15) is 0 Å². The Balaban J connectivity index is 2.81. The highest BCUT2D eigenvalue weighted by atomic mass is 17.8. The van der Waals surface area contributed by atoms with Crippen LogP contribution in [0.15, 0.2) is 12.8 Å². The molecule has 0 unspecified atom stereocenters. The largest absolute Gasteiger partial charge is 0.315 e. The van der Waals surface area contributed by atoms with E-state index < -0.39 is 0 Å². The topological polar surface area (TPSA) is 55.4 Å². The molecule has 84 valence electrons. The molecule has 0 amide bonds. The summed E-state index contributed by atoms with van der Waals surface area (Å²) in [6.07, 6.45) is 5.36. The molecule has 0 rings (SSSR count). The lowest BCUT2D eigenvalue weighted by Gasteiger charge is -2.00. The van der Waals surface area contributed by atoms with E-state index in [0.717, 1.165) is 19.1 Å². The predicted octanol–water partition coefficient (Wildman–Crippen LogP) is 2.38. The third-order valence-corrected chi connectivity index (χ3v) is 1.32. The Labute approximate surface area is 82.9 Å². The van der Waals surface area contributed by atoms with Gasteiger partial charge >= 0.3 is 0 Å². The third-order valence-electron chi connectivity index (χ3n) is 1.32. The van der Waals surface area contributed by atoms with Crippen molar-refractivity contribution >= 4 is 0 Å². The molecule has 0 saturated heterocycles. The van der Waals surface area contributed by atoms with Crippen LogP contribution in [0.4, 0.5) is 0 Å². The zero-order valence-electron chi connectivity index (χ0n) is 8.27. The molecule has 0 spiro atoms. The lowest BCUT2D eigenvalue weighted by molar-refractivity contribution is -0.751. The Bertz CT molecular complexity index is 118. The van der Waals surface area contributed by atoms with Gasteiger partial charge in [-0.25, -0.2) is 4.89 Å². The second-order valence-electron chi connectivity index (χ2n) is 2.42. The van der Waals surface area contributed by atoms with E-state index in [1.165, 1.54) is 12.8 Å². The lowest BCUT2D eigenvalue weighted by Crippen LogP contribution is -2.00. The summed E-state index contributed by atoms with van der Waals surface area (Å²) in [5.74, 6) is 0. The van der Waals surface area contributed by atoms with Gasteiger partial charge in [0.2, 0.25) is 0 Å². The molecule has 0 aromatic rings. The van der Waals surface area contributed by atoms with Crippen molar-refractivity contribution in [2.75, 3.05) is 6.61 Å². The number of unbranched alkanes of at least 4 members (excludes halogenated alkanes) is 3. The monoisotopic (exact) mass is 208 g/mol. The minimum absolute atomic E-state index is 0.436. The van der Waals surface area contributed by atoms with Crippen molar-refractivity contribution < 1.29 is 29.9 Å². The maximum atomic E-state index is 4.55. The van der Waals surface area contributed by atoms with Crippen LogP contribution in [-0.4, -0.2) is 6.61 Å². The summed E-state index contributed by atoms with van der Waals surface area (Å²) in [6.45, 7) is 5.75. The summed E-state index contributed by atoms with van der Waals surface area (Å²) >= 11 is 0. The summed E-state index contributed by atoms with van der Waals surface area (Å²) in [6, 6.07) is 0. The highest BCUT2D eigenvalue weighted by Gasteiger charge is 1.92. The molecular weight excluding hydrogens is 192 g/mol. The van der Waals surface area contributed by atoms with E-state index in [-0.39, 0.29) is 0 Å². The number of hydrogen-bond donors (Lipinski definition) is 0. The van der Waals surface area contributed by atoms with E-state index in [9.17, 15) is 0 Å². The van der Waals surface area contributed by atoms with Gasteiger partial charge in [0.15, 0.2) is 0 Å². The molecule has 0 aliphatic heterocycles. The van der Waals surface area contributed by atoms with Crippen LogP contribution in [-0.2, 0) is 29.9 Å². The van der Waals surface area contributed by atoms with E-state index in [0.29, 0.717) is 6.61 Å². The van der Waals surface area contributed by atoms with Crippen LogP contribution >= 0.6 is 0 Å². The van der Waals surface area contributed by atoms with E-state index >= 15 is 0 Å². The van der Waals surface area contributed by atoms with Crippen molar-refractivity contribution in [3.8, 4) is 0 Å². The molecule has 14 heavy (non-hydrogen) atoms. The molecule has 0 atom stereocenters. The van der Waals surface area contributed by atoms with Gasteiger partial charge < -0.3 is 4.89 Å². The minimum Gasteiger partial charge on any atom is -0.315 e. The summed E-state index contributed by atoms with van der Waals surface area (Å²) in [7, 11) is 0. The van der Waals surface area contributed by atoms with Gasteiger partial charge in [0.25, 0.3) is 0 Å². The SMILES string of the molecule is C=COOOOOOCCCCCC. The number of hydrogen-bond acceptors (Lipinski definition) is 6. The van der Waals surface area contributed by atoms with Crippen molar-refractivity contribution in [1.29, 1.82) is 0 Å². The van der Waals surface area contributed by atoms with Gasteiger partial charge in [-0.05, 0) is 16.5 Å². The van der Waals surface area contributed by atoms with Crippen molar-refractivity contribution in [3.63, 3.8) is 0 Å². The first-order valence-corrected chi connectivity index (χ1v) is 4.47. The van der Waals surface area contributed by atoms with Crippen LogP contribution in [0.5, 0.6) is 0 Å². The van der Waals surface area contributed by atoms with Crippen LogP contribution < -0.4 is 0 Å². The Hall–Kier alpha value is -0.660. The fourth-order valence-electron chi connectivity index (χ4n) is 0.708. The Morgan fingerprint density at radius 2 is 1.79 bits per heavy atom. The third kappa shape index (κ3) is 11.3. The summed E-state index contributed by atoms with van der Waals surface area (Å²) in [4.78, 5) is 8.63. The maximum Gasteiger partial charge on any atom is 0.125 e. The fraction of sp³-hybridized carbons (Fsp3) is 0.750. The average molecular weight is 208 g/mol. The Morgan fingerprint density at radius 3 is 2.50 bits per heavy atom. The Kier molecular flexibility index (Phi) is 11.8. The first-order valence-electron chi connectivity index (χ1n) is 4.47. The molecule has 0 bridgehead atoms. The molecule has 0 aliphatic rings. The van der Waals surface area contributed by atoms with E-state index in [2.05, 4.69) is 43.4 Å². The second kappa shape index (κ2) is 12.3. The smallest absolute Gasteiger partial charge is 0.125 e. The summed E-state index contributed by atoms with van der Waals surface area (Å²) < 4.78 is 0. The van der Waals surface area contributed by atoms with Gasteiger partial charge in [-0.3, -0.25) is 0 Å². The van der Waals surface area contributed by atoms with E-state index in [1.54, 1.807) is 0 Å². The maximum absolute atomic E-state index is 4.55. The van der Waals surface area contributed by atoms with Crippen molar-refractivity contribution in [2.24, 2.45) is 0 Å². The molecule has 0 heterocycles. The van der Waals surface area contributed by atoms with Crippen LogP contribution in [0.1, 0.15) is 32.6 Å². The Morgan fingerprint density at radius 1 is 1.00 bits per heavy atom. The molecule has 6 heteroatoms. The summed E-state index contributed by atoms with van der Waals surface area (Å²) in [5.41, 5.74) is 0. The van der Waals surface area contributed by atoms with Gasteiger partial charge in [0.05, 0.1) is 6.61 Å². The van der Waals surface area contributed by atoms with Gasteiger partial charge in [0.1, 0.15) is 6.26 Å². The van der Waals surface area contributed by atoms with Crippen molar-refractivity contribution in [1.82, 2.24) is 0 Å². The molecule has 0 radical (unpaired) electrons. The van der Waals surface area contributed by atoms with E-state index in [1.807, 2.05) is 0 Å². The molecule has 0 aromatic heterocycles. The standard InChI is InChI=1S/C8H16O6/c1-3-5-6-7-8-10-12-14-13-11-9-4-2/h4H,2-3,5-8H2,1H3. The van der Waals surface area contributed by atoms with Gasteiger partial charge in [-0.15, -0.1) is 0 Å².